The first-order chi connectivity index (χ1) is 13.6. The van der Waals surface area contributed by atoms with Gasteiger partial charge in [-0.2, -0.15) is 0 Å². The minimum atomic E-state index is -1.10. The molecule has 0 radical (unpaired) electrons. The monoisotopic (exact) mass is 394 g/mol. The Morgan fingerprint density at radius 1 is 0.643 bits per heavy atom. The second-order valence-corrected chi connectivity index (χ2v) is 7.89. The molecule has 164 valence electrons. The number of aliphatic hydroxyl groups excluding tert-OH is 1. The number of aryl methyl sites for hydroxylation is 1. The van der Waals surface area contributed by atoms with E-state index in [2.05, 4.69) is 6.92 Å². The number of para-hydroxylation sites is 1. The molecule has 0 aliphatic heterocycles. The predicted molar refractivity (Wildman–Crippen MR) is 121 cm³/mol. The van der Waals surface area contributed by atoms with Gasteiger partial charge in [0.25, 0.3) is 0 Å². The lowest BCUT2D eigenvalue weighted by Gasteiger charge is -2.05. The summed E-state index contributed by atoms with van der Waals surface area (Å²) in [4.78, 5) is 0. The van der Waals surface area contributed by atoms with E-state index in [1.807, 2.05) is 25.1 Å². The Morgan fingerprint density at radius 2 is 1.11 bits per heavy atom. The van der Waals surface area contributed by atoms with Gasteiger partial charge in [0, 0.05) is 0 Å². The number of benzene rings is 1. The van der Waals surface area contributed by atoms with Crippen molar-refractivity contribution in [3.05, 3.63) is 29.8 Å². The lowest BCUT2D eigenvalue weighted by molar-refractivity contribution is -0.0453. The van der Waals surface area contributed by atoms with Gasteiger partial charge in [0.1, 0.15) is 5.75 Å². The average Bonchev–Trinajstić information content (AvgIpc) is 2.67. The number of unbranched alkanes of at least 4 members (excludes halogenated alkanes) is 12. The highest BCUT2D eigenvalue weighted by atomic mass is 16.5. The fraction of sp³-hybridized carbons (Fsp3) is 0.760. The summed E-state index contributed by atoms with van der Waals surface area (Å²) in [6.07, 6.45) is 19.3. The van der Waals surface area contributed by atoms with Crippen molar-refractivity contribution >= 4 is 0 Å². The molecule has 0 saturated heterocycles. The lowest BCUT2D eigenvalue weighted by atomic mass is 10.0. The van der Waals surface area contributed by atoms with Crippen molar-refractivity contribution in [3.63, 3.8) is 0 Å². The van der Waals surface area contributed by atoms with E-state index >= 15 is 0 Å². The molecule has 1 aromatic carbocycles. The van der Waals surface area contributed by atoms with Crippen LogP contribution in [0.5, 0.6) is 5.75 Å². The first kappa shape index (κ1) is 26.9. The fourth-order valence-corrected chi connectivity index (χ4v) is 3.31. The fourth-order valence-electron chi connectivity index (χ4n) is 3.31. The molecule has 0 atom stereocenters. The molecule has 3 nitrogen and oxygen atoms in total. The third-order valence-corrected chi connectivity index (χ3v) is 5.09. The summed E-state index contributed by atoms with van der Waals surface area (Å²) < 4.78 is 0. The minimum absolute atomic E-state index is 0.460. The van der Waals surface area contributed by atoms with E-state index in [0.717, 1.165) is 18.4 Å². The topological polar surface area (TPSA) is 60.7 Å². The van der Waals surface area contributed by atoms with Crippen LogP contribution in [0.2, 0.25) is 0 Å². The average molecular weight is 395 g/mol. The maximum Gasteiger partial charge on any atom is 0.151 e. The Kier molecular flexibility index (Phi) is 19.9. The van der Waals surface area contributed by atoms with E-state index in [0.29, 0.717) is 12.2 Å². The minimum Gasteiger partial charge on any atom is -0.508 e. The Morgan fingerprint density at radius 3 is 1.50 bits per heavy atom. The molecule has 28 heavy (non-hydrogen) atoms. The Bertz CT molecular complexity index is 432. The van der Waals surface area contributed by atoms with Gasteiger partial charge >= 0.3 is 0 Å². The molecule has 0 aliphatic carbocycles. The van der Waals surface area contributed by atoms with Gasteiger partial charge in [0.15, 0.2) is 6.29 Å². The number of hydrogen-bond donors (Lipinski definition) is 3. The molecule has 0 amide bonds. The third kappa shape index (κ3) is 18.3. The molecule has 3 N–H and O–H groups in total. The van der Waals surface area contributed by atoms with Crippen LogP contribution in [-0.4, -0.2) is 21.6 Å². The Hall–Kier alpha value is -1.06. The number of aliphatic hydroxyl groups is 2. The van der Waals surface area contributed by atoms with Gasteiger partial charge < -0.3 is 15.3 Å². The van der Waals surface area contributed by atoms with Crippen LogP contribution in [0.15, 0.2) is 24.3 Å². The van der Waals surface area contributed by atoms with Crippen LogP contribution < -0.4 is 0 Å². The number of aromatic hydroxyl groups is 1. The van der Waals surface area contributed by atoms with Crippen LogP contribution in [0.1, 0.15) is 116 Å². The van der Waals surface area contributed by atoms with Gasteiger partial charge in [-0.15, -0.1) is 0 Å². The molecule has 0 fully saturated rings. The smallest absolute Gasteiger partial charge is 0.151 e. The molecular formula is C25H46O3. The van der Waals surface area contributed by atoms with E-state index in [9.17, 15) is 5.11 Å². The van der Waals surface area contributed by atoms with Gasteiger partial charge in [-0.25, -0.2) is 0 Å². The second kappa shape index (κ2) is 20.7. The predicted octanol–water partition coefficient (Wildman–Crippen LogP) is 7.12. The van der Waals surface area contributed by atoms with Crippen molar-refractivity contribution in [1.29, 1.82) is 0 Å². The zero-order chi connectivity index (χ0) is 20.9. The van der Waals surface area contributed by atoms with Crippen LogP contribution in [0.4, 0.5) is 0 Å². The SMILES string of the molecule is CCCC(O)O.CCCCCCCCCCCCCCCc1ccccc1O. The zero-order valence-electron chi connectivity index (χ0n) is 18.5. The van der Waals surface area contributed by atoms with Crippen LogP contribution in [0.25, 0.3) is 0 Å². The summed E-state index contributed by atoms with van der Waals surface area (Å²) in [5.74, 6) is 0.460. The van der Waals surface area contributed by atoms with Gasteiger partial charge in [0.05, 0.1) is 0 Å². The van der Waals surface area contributed by atoms with Crippen molar-refractivity contribution in [2.75, 3.05) is 0 Å². The van der Waals surface area contributed by atoms with Gasteiger partial charge in [-0.1, -0.05) is 116 Å². The van der Waals surface area contributed by atoms with E-state index in [1.165, 1.54) is 83.5 Å². The van der Waals surface area contributed by atoms with Crippen LogP contribution in [-0.2, 0) is 6.42 Å². The number of rotatable bonds is 16. The highest BCUT2D eigenvalue weighted by molar-refractivity contribution is 5.31. The molecule has 3 heteroatoms. The highest BCUT2D eigenvalue weighted by Gasteiger charge is 1.99. The first-order valence-electron chi connectivity index (χ1n) is 11.7. The second-order valence-electron chi connectivity index (χ2n) is 7.89. The number of phenols is 1. The van der Waals surface area contributed by atoms with E-state index in [4.69, 9.17) is 10.2 Å². The highest BCUT2D eigenvalue weighted by Crippen LogP contribution is 2.19. The van der Waals surface area contributed by atoms with Gasteiger partial charge in [-0.05, 0) is 30.9 Å². The summed E-state index contributed by atoms with van der Waals surface area (Å²) in [6, 6.07) is 7.73. The molecule has 0 aliphatic rings. The molecule has 0 spiro atoms. The summed E-state index contributed by atoms with van der Waals surface area (Å²) in [5, 5.41) is 25.9. The largest absolute Gasteiger partial charge is 0.508 e. The van der Waals surface area contributed by atoms with Gasteiger partial charge in [-0.3, -0.25) is 0 Å². The Balaban J connectivity index is 0.00000105. The Labute approximate surface area is 174 Å². The summed E-state index contributed by atoms with van der Waals surface area (Å²) in [6.45, 7) is 4.18. The molecule has 0 unspecified atom stereocenters. The molecule has 0 aromatic heterocycles. The molecule has 0 bridgehead atoms. The van der Waals surface area contributed by atoms with E-state index in [-0.39, 0.29) is 0 Å². The summed E-state index contributed by atoms with van der Waals surface area (Å²) >= 11 is 0. The third-order valence-electron chi connectivity index (χ3n) is 5.09. The van der Waals surface area contributed by atoms with Crippen molar-refractivity contribution in [2.45, 2.75) is 123 Å². The van der Waals surface area contributed by atoms with Crippen LogP contribution in [0.3, 0.4) is 0 Å². The molecule has 1 rings (SSSR count). The van der Waals surface area contributed by atoms with Crippen molar-refractivity contribution in [3.8, 4) is 5.75 Å². The summed E-state index contributed by atoms with van der Waals surface area (Å²) in [5.41, 5.74) is 1.10. The number of phenolic OH excluding ortho intramolecular Hbond substituents is 1. The molecular weight excluding hydrogens is 348 g/mol. The quantitative estimate of drug-likeness (QED) is 0.206. The van der Waals surface area contributed by atoms with Crippen LogP contribution in [0, 0.1) is 0 Å². The first-order valence-corrected chi connectivity index (χ1v) is 11.7. The standard InChI is InChI=1S/C21H36O.C4H10O2/c1-2-3-4-5-6-7-8-9-10-11-12-13-14-17-20-18-15-16-19-21(20)22;1-2-3-4(5)6/h15-16,18-19,22H,2-14,17H2,1H3;4-6H,2-3H2,1H3. The zero-order valence-corrected chi connectivity index (χ0v) is 18.5. The van der Waals surface area contributed by atoms with Crippen molar-refractivity contribution in [1.82, 2.24) is 0 Å². The molecule has 0 heterocycles. The maximum absolute atomic E-state index is 9.70. The number of hydrogen-bond acceptors (Lipinski definition) is 3. The van der Waals surface area contributed by atoms with Crippen LogP contribution >= 0.6 is 0 Å². The normalized spacial score (nSPS) is 10.8. The molecule has 0 saturated carbocycles. The van der Waals surface area contributed by atoms with Crippen molar-refractivity contribution < 1.29 is 15.3 Å². The van der Waals surface area contributed by atoms with E-state index < -0.39 is 6.29 Å². The maximum atomic E-state index is 9.70. The van der Waals surface area contributed by atoms with Gasteiger partial charge in [0.2, 0.25) is 0 Å². The summed E-state index contributed by atoms with van der Waals surface area (Å²) in [7, 11) is 0. The van der Waals surface area contributed by atoms with E-state index in [1.54, 1.807) is 6.07 Å². The van der Waals surface area contributed by atoms with Crippen molar-refractivity contribution in [2.24, 2.45) is 0 Å². The lowest BCUT2D eigenvalue weighted by Crippen LogP contribution is -2.01. The molecule has 1 aromatic rings.